The Kier molecular flexibility index (Phi) is 5.09. The van der Waals surface area contributed by atoms with Crippen molar-refractivity contribution in [1.82, 2.24) is 4.98 Å². The highest BCUT2D eigenvalue weighted by atomic mass is 32.1. The van der Waals surface area contributed by atoms with Crippen LogP contribution < -0.4 is 4.74 Å². The summed E-state index contributed by atoms with van der Waals surface area (Å²) in [5.74, 6) is -0.0145. The summed E-state index contributed by atoms with van der Waals surface area (Å²) in [4.78, 5) is 4.45. The molecular weight excluding hydrogens is 277 g/mol. The third-order valence-corrected chi connectivity index (χ3v) is 3.82. The van der Waals surface area contributed by atoms with Gasteiger partial charge in [0.25, 0.3) is 0 Å². The molecule has 1 aromatic heterocycles. The molecule has 1 aromatic carbocycles. The third-order valence-electron chi connectivity index (χ3n) is 2.86. The number of nitrogens with zero attached hydrogens (tertiary/aromatic N) is 1. The minimum Gasteiger partial charge on any atom is -0.487 e. The van der Waals surface area contributed by atoms with Gasteiger partial charge in [-0.1, -0.05) is 6.92 Å². The van der Waals surface area contributed by atoms with E-state index in [-0.39, 0.29) is 12.4 Å². The summed E-state index contributed by atoms with van der Waals surface area (Å²) < 4.78 is 18.9. The average Bonchev–Trinajstić information content (AvgIpc) is 2.84. The van der Waals surface area contributed by atoms with Crippen LogP contribution in [0.25, 0.3) is 0 Å². The van der Waals surface area contributed by atoms with Gasteiger partial charge in [0, 0.05) is 17.0 Å². The molecular formula is C15H18FNO2S. The van der Waals surface area contributed by atoms with Gasteiger partial charge in [-0.2, -0.15) is 0 Å². The summed E-state index contributed by atoms with van der Waals surface area (Å²) in [7, 11) is 0. The Morgan fingerprint density at radius 3 is 2.95 bits per heavy atom. The molecule has 1 unspecified atom stereocenters. The Balaban J connectivity index is 2.07. The fourth-order valence-electron chi connectivity index (χ4n) is 1.87. The van der Waals surface area contributed by atoms with Crippen molar-refractivity contribution in [3.05, 3.63) is 45.7 Å². The lowest BCUT2D eigenvalue weighted by atomic mass is 10.1. The van der Waals surface area contributed by atoms with Crippen LogP contribution in [0.15, 0.2) is 23.6 Å². The highest BCUT2D eigenvalue weighted by Gasteiger charge is 2.11. The average molecular weight is 295 g/mol. The number of ether oxygens (including phenoxy) is 1. The van der Waals surface area contributed by atoms with Gasteiger partial charge in [-0.25, -0.2) is 9.37 Å². The third kappa shape index (κ3) is 3.77. The minimum atomic E-state index is -0.698. The second-order valence-electron chi connectivity index (χ2n) is 4.63. The van der Waals surface area contributed by atoms with E-state index in [0.717, 1.165) is 23.5 Å². The van der Waals surface area contributed by atoms with E-state index >= 15 is 0 Å². The lowest BCUT2D eigenvalue weighted by molar-refractivity contribution is 0.189. The first-order valence-electron chi connectivity index (χ1n) is 6.63. The number of rotatable bonds is 6. The molecule has 1 N–H and O–H groups in total. The minimum absolute atomic E-state index is 0.281. The van der Waals surface area contributed by atoms with Crippen LogP contribution >= 0.6 is 11.3 Å². The predicted octanol–water partition coefficient (Wildman–Crippen LogP) is 3.87. The molecule has 0 fully saturated rings. The lowest BCUT2D eigenvalue weighted by Crippen LogP contribution is -2.02. The first-order chi connectivity index (χ1) is 9.60. The van der Waals surface area contributed by atoms with Gasteiger partial charge in [0.1, 0.15) is 18.2 Å². The Labute approximate surface area is 122 Å². The van der Waals surface area contributed by atoms with Crippen molar-refractivity contribution in [2.24, 2.45) is 0 Å². The zero-order valence-electron chi connectivity index (χ0n) is 11.6. The maximum absolute atomic E-state index is 13.3. The highest BCUT2D eigenvalue weighted by molar-refractivity contribution is 7.09. The largest absolute Gasteiger partial charge is 0.487 e. The van der Waals surface area contributed by atoms with E-state index in [0.29, 0.717) is 11.3 Å². The zero-order chi connectivity index (χ0) is 14.5. The molecule has 108 valence electrons. The Bertz CT molecular complexity index is 569. The normalized spacial score (nSPS) is 12.4. The van der Waals surface area contributed by atoms with E-state index in [1.807, 2.05) is 5.38 Å². The number of halogens is 1. The van der Waals surface area contributed by atoms with Crippen LogP contribution in [0.1, 0.15) is 42.6 Å². The van der Waals surface area contributed by atoms with Gasteiger partial charge >= 0.3 is 0 Å². The fraction of sp³-hybridized carbons (Fsp3) is 0.400. The van der Waals surface area contributed by atoms with E-state index in [9.17, 15) is 9.50 Å². The van der Waals surface area contributed by atoms with Gasteiger partial charge in [0.15, 0.2) is 0 Å². The number of aliphatic hydroxyl groups excluding tert-OH is 1. The Hall–Kier alpha value is -1.46. The number of aryl methyl sites for hydroxylation is 1. The van der Waals surface area contributed by atoms with Crippen LogP contribution in [0.4, 0.5) is 4.39 Å². The molecule has 0 saturated carbocycles. The molecule has 0 bridgehead atoms. The van der Waals surface area contributed by atoms with Crippen molar-refractivity contribution in [3.8, 4) is 5.75 Å². The van der Waals surface area contributed by atoms with E-state index in [1.54, 1.807) is 24.3 Å². The molecule has 1 atom stereocenters. The summed E-state index contributed by atoms with van der Waals surface area (Å²) >= 11 is 1.61. The van der Waals surface area contributed by atoms with Gasteiger partial charge in [0.2, 0.25) is 0 Å². The Morgan fingerprint density at radius 1 is 1.45 bits per heavy atom. The van der Waals surface area contributed by atoms with Gasteiger partial charge in [-0.15, -0.1) is 11.3 Å². The molecule has 0 aliphatic carbocycles. The number of hydrogen-bond donors (Lipinski definition) is 1. The van der Waals surface area contributed by atoms with E-state index < -0.39 is 6.10 Å². The first kappa shape index (κ1) is 14.9. The molecule has 20 heavy (non-hydrogen) atoms. The number of hydrogen-bond acceptors (Lipinski definition) is 4. The highest BCUT2D eigenvalue weighted by Crippen LogP contribution is 2.27. The van der Waals surface area contributed by atoms with Crippen molar-refractivity contribution < 1.29 is 14.2 Å². The molecule has 2 rings (SSSR count). The maximum atomic E-state index is 13.3. The Morgan fingerprint density at radius 2 is 2.25 bits per heavy atom. The quantitative estimate of drug-likeness (QED) is 0.879. The SMILES string of the molecule is CCCc1nc(COc2cc(F)ccc2C(C)O)cs1. The molecule has 2 aromatic rings. The van der Waals surface area contributed by atoms with Crippen molar-refractivity contribution in [1.29, 1.82) is 0 Å². The molecule has 1 heterocycles. The molecule has 0 amide bonds. The lowest BCUT2D eigenvalue weighted by Gasteiger charge is -2.12. The number of aromatic nitrogens is 1. The van der Waals surface area contributed by atoms with Gasteiger partial charge in [-0.3, -0.25) is 0 Å². The van der Waals surface area contributed by atoms with Crippen LogP contribution in [0, 0.1) is 5.82 Å². The zero-order valence-corrected chi connectivity index (χ0v) is 12.4. The fourth-order valence-corrected chi connectivity index (χ4v) is 2.76. The van der Waals surface area contributed by atoms with Crippen molar-refractivity contribution >= 4 is 11.3 Å². The molecule has 0 radical (unpaired) electrons. The predicted molar refractivity (Wildman–Crippen MR) is 77.5 cm³/mol. The summed E-state index contributed by atoms with van der Waals surface area (Å²) in [6.45, 7) is 4.02. The van der Waals surface area contributed by atoms with Crippen LogP contribution in [-0.2, 0) is 13.0 Å². The summed E-state index contributed by atoms with van der Waals surface area (Å²) in [6.07, 6.45) is 1.32. The van der Waals surface area contributed by atoms with Crippen molar-refractivity contribution in [2.75, 3.05) is 0 Å². The van der Waals surface area contributed by atoms with Crippen molar-refractivity contribution in [2.45, 2.75) is 39.4 Å². The maximum Gasteiger partial charge on any atom is 0.131 e. The van der Waals surface area contributed by atoms with E-state index in [4.69, 9.17) is 4.74 Å². The topological polar surface area (TPSA) is 42.4 Å². The number of benzene rings is 1. The smallest absolute Gasteiger partial charge is 0.131 e. The standard InChI is InChI=1S/C15H18FNO2S/c1-3-4-15-17-12(9-20-15)8-19-14-7-11(16)5-6-13(14)10(2)18/h5-7,9-10,18H,3-4,8H2,1-2H3. The van der Waals surface area contributed by atoms with E-state index in [1.165, 1.54) is 12.1 Å². The second kappa shape index (κ2) is 6.81. The summed E-state index contributed by atoms with van der Waals surface area (Å²) in [5.41, 5.74) is 1.41. The van der Waals surface area contributed by atoms with Crippen molar-refractivity contribution in [3.63, 3.8) is 0 Å². The van der Waals surface area contributed by atoms with Gasteiger partial charge < -0.3 is 9.84 Å². The number of thiazole rings is 1. The van der Waals surface area contributed by atoms with Gasteiger partial charge in [0.05, 0.1) is 16.8 Å². The van der Waals surface area contributed by atoms with Crippen LogP contribution in [0.3, 0.4) is 0 Å². The summed E-state index contributed by atoms with van der Waals surface area (Å²) in [5, 5.41) is 12.7. The van der Waals surface area contributed by atoms with E-state index in [2.05, 4.69) is 11.9 Å². The molecule has 3 nitrogen and oxygen atoms in total. The molecule has 0 saturated heterocycles. The summed E-state index contributed by atoms with van der Waals surface area (Å²) in [6, 6.07) is 4.15. The first-order valence-corrected chi connectivity index (χ1v) is 7.51. The molecule has 0 spiro atoms. The second-order valence-corrected chi connectivity index (χ2v) is 5.57. The van der Waals surface area contributed by atoms with Gasteiger partial charge in [-0.05, 0) is 31.9 Å². The van der Waals surface area contributed by atoms with Crippen LogP contribution in [-0.4, -0.2) is 10.1 Å². The number of aliphatic hydroxyl groups is 1. The molecule has 0 aliphatic heterocycles. The molecule has 5 heteroatoms. The molecule has 0 aliphatic rings. The monoisotopic (exact) mass is 295 g/mol. The van der Waals surface area contributed by atoms with Crippen LogP contribution in [0.2, 0.25) is 0 Å². The van der Waals surface area contributed by atoms with Crippen LogP contribution in [0.5, 0.6) is 5.75 Å².